The molecule has 1 aliphatic carbocycles. The third-order valence-corrected chi connectivity index (χ3v) is 4.10. The number of nitrogens with one attached hydrogen (secondary N) is 1. The number of hydrogen-bond acceptors (Lipinski definition) is 2. The van der Waals surface area contributed by atoms with E-state index in [9.17, 15) is 0 Å². The van der Waals surface area contributed by atoms with Crippen molar-refractivity contribution in [3.05, 3.63) is 58.7 Å². The van der Waals surface area contributed by atoms with E-state index in [4.69, 9.17) is 5.73 Å². The van der Waals surface area contributed by atoms with Crippen LogP contribution in [0.25, 0.3) is 0 Å². The molecule has 0 fully saturated rings. The minimum Gasteiger partial charge on any atom is -0.397 e. The van der Waals surface area contributed by atoms with Crippen LogP contribution >= 0.6 is 0 Å². The van der Waals surface area contributed by atoms with Crippen molar-refractivity contribution < 1.29 is 0 Å². The van der Waals surface area contributed by atoms with E-state index < -0.39 is 0 Å². The van der Waals surface area contributed by atoms with Crippen LogP contribution in [-0.4, -0.2) is 6.54 Å². The molecule has 0 atom stereocenters. The summed E-state index contributed by atoms with van der Waals surface area (Å²) in [6.45, 7) is 2.98. The predicted octanol–water partition coefficient (Wildman–Crippen LogP) is 3.72. The first kappa shape index (κ1) is 13.0. The van der Waals surface area contributed by atoms with Gasteiger partial charge in [0.1, 0.15) is 0 Å². The molecule has 104 valence electrons. The fourth-order valence-electron chi connectivity index (χ4n) is 2.97. The Morgan fingerprint density at radius 3 is 2.75 bits per heavy atom. The summed E-state index contributed by atoms with van der Waals surface area (Å²) >= 11 is 0. The molecule has 0 aromatic heterocycles. The molecule has 2 aromatic carbocycles. The van der Waals surface area contributed by atoms with Crippen molar-refractivity contribution >= 4 is 11.4 Å². The van der Waals surface area contributed by atoms with Crippen molar-refractivity contribution in [3.63, 3.8) is 0 Å². The highest BCUT2D eigenvalue weighted by molar-refractivity contribution is 5.66. The molecule has 20 heavy (non-hydrogen) atoms. The van der Waals surface area contributed by atoms with Crippen LogP contribution in [0, 0.1) is 6.92 Å². The van der Waals surface area contributed by atoms with Crippen molar-refractivity contribution in [2.24, 2.45) is 0 Å². The van der Waals surface area contributed by atoms with E-state index in [0.29, 0.717) is 0 Å². The summed E-state index contributed by atoms with van der Waals surface area (Å²) in [7, 11) is 0. The molecule has 1 aliphatic rings. The number of hydrogen-bond donors (Lipinski definition) is 2. The summed E-state index contributed by atoms with van der Waals surface area (Å²) in [6, 6.07) is 13.1. The summed E-state index contributed by atoms with van der Waals surface area (Å²) in [5, 5.41) is 3.43. The molecule has 3 N–H and O–H groups in total. The second kappa shape index (κ2) is 5.58. The molecule has 2 nitrogen and oxygen atoms in total. The first-order valence-corrected chi connectivity index (χ1v) is 7.43. The first-order valence-electron chi connectivity index (χ1n) is 7.43. The van der Waals surface area contributed by atoms with Gasteiger partial charge in [-0.1, -0.05) is 24.3 Å². The van der Waals surface area contributed by atoms with Gasteiger partial charge < -0.3 is 11.1 Å². The lowest BCUT2D eigenvalue weighted by molar-refractivity contribution is 0.911. The number of nitrogen functional groups attached to an aromatic ring is 1. The molecule has 2 aromatic rings. The van der Waals surface area contributed by atoms with Crippen LogP contribution in [0.4, 0.5) is 11.4 Å². The molecule has 0 spiro atoms. The van der Waals surface area contributed by atoms with E-state index in [-0.39, 0.29) is 0 Å². The molecular weight excluding hydrogens is 244 g/mol. The highest BCUT2D eigenvalue weighted by Gasteiger charge is 2.10. The lowest BCUT2D eigenvalue weighted by Crippen LogP contribution is -2.07. The zero-order valence-electron chi connectivity index (χ0n) is 12.1. The standard InChI is InChI=1S/C18H22N2/c1-13-5-8-18(17(19)11-13)20-10-9-14-6-7-15-3-2-4-16(15)12-14/h5-8,11-12,20H,2-4,9-10,19H2,1H3. The quantitative estimate of drug-likeness (QED) is 0.828. The topological polar surface area (TPSA) is 38.0 Å². The molecular formula is C18H22N2. The smallest absolute Gasteiger partial charge is 0.0574 e. The zero-order valence-corrected chi connectivity index (χ0v) is 12.1. The first-order chi connectivity index (χ1) is 9.72. The number of nitrogens with two attached hydrogens (primary N) is 1. The Morgan fingerprint density at radius 2 is 1.90 bits per heavy atom. The molecule has 0 aliphatic heterocycles. The van der Waals surface area contributed by atoms with Crippen molar-refractivity contribution in [2.75, 3.05) is 17.6 Å². The Labute approximate surface area is 121 Å². The van der Waals surface area contributed by atoms with Gasteiger partial charge in [-0.25, -0.2) is 0 Å². The second-order valence-corrected chi connectivity index (χ2v) is 5.72. The van der Waals surface area contributed by atoms with Gasteiger partial charge in [0.25, 0.3) is 0 Å². The summed E-state index contributed by atoms with van der Waals surface area (Å²) in [5.74, 6) is 0. The fraction of sp³-hybridized carbons (Fsp3) is 0.333. The molecule has 0 radical (unpaired) electrons. The number of anilines is 2. The number of fused-ring (bicyclic) bond motifs is 1. The molecule has 2 heteroatoms. The van der Waals surface area contributed by atoms with E-state index in [2.05, 4.69) is 42.6 Å². The van der Waals surface area contributed by atoms with E-state index in [0.717, 1.165) is 24.3 Å². The summed E-state index contributed by atoms with van der Waals surface area (Å²) in [4.78, 5) is 0. The highest BCUT2D eigenvalue weighted by atomic mass is 14.9. The van der Waals surface area contributed by atoms with Gasteiger partial charge in [-0.2, -0.15) is 0 Å². The fourth-order valence-corrected chi connectivity index (χ4v) is 2.97. The van der Waals surface area contributed by atoms with Gasteiger partial charge in [-0.05, 0) is 67.0 Å². The van der Waals surface area contributed by atoms with Crippen molar-refractivity contribution in [1.82, 2.24) is 0 Å². The van der Waals surface area contributed by atoms with Crippen LogP contribution in [0.2, 0.25) is 0 Å². The Hall–Kier alpha value is -1.96. The van der Waals surface area contributed by atoms with Gasteiger partial charge in [-0.3, -0.25) is 0 Å². The van der Waals surface area contributed by atoms with Gasteiger partial charge in [-0.15, -0.1) is 0 Å². The van der Waals surface area contributed by atoms with E-state index in [1.54, 1.807) is 11.1 Å². The number of aryl methyl sites for hydroxylation is 3. The molecule has 0 saturated heterocycles. The minimum atomic E-state index is 0.832. The van der Waals surface area contributed by atoms with Gasteiger partial charge in [0.05, 0.1) is 11.4 Å². The normalized spacial score (nSPS) is 13.2. The van der Waals surface area contributed by atoms with Gasteiger partial charge in [0.15, 0.2) is 0 Å². The largest absolute Gasteiger partial charge is 0.397 e. The zero-order chi connectivity index (χ0) is 13.9. The minimum absolute atomic E-state index is 0.832. The van der Waals surface area contributed by atoms with E-state index in [1.807, 2.05) is 6.07 Å². The average Bonchev–Trinajstić information content (AvgIpc) is 2.89. The van der Waals surface area contributed by atoms with E-state index in [1.165, 1.54) is 30.4 Å². The summed E-state index contributed by atoms with van der Waals surface area (Å²) < 4.78 is 0. The molecule has 0 amide bonds. The van der Waals surface area contributed by atoms with Crippen LogP contribution < -0.4 is 11.1 Å². The van der Waals surface area contributed by atoms with Crippen molar-refractivity contribution in [1.29, 1.82) is 0 Å². The van der Waals surface area contributed by atoms with Gasteiger partial charge in [0.2, 0.25) is 0 Å². The molecule has 0 bridgehead atoms. The molecule has 0 unspecified atom stereocenters. The van der Waals surface area contributed by atoms with Gasteiger partial charge in [0, 0.05) is 6.54 Å². The third-order valence-electron chi connectivity index (χ3n) is 4.10. The monoisotopic (exact) mass is 266 g/mol. The highest BCUT2D eigenvalue weighted by Crippen LogP contribution is 2.23. The molecule has 0 heterocycles. The van der Waals surface area contributed by atoms with Crippen LogP contribution in [0.5, 0.6) is 0 Å². The average molecular weight is 266 g/mol. The van der Waals surface area contributed by atoms with Gasteiger partial charge >= 0.3 is 0 Å². The van der Waals surface area contributed by atoms with Crippen LogP contribution in [0.3, 0.4) is 0 Å². The Morgan fingerprint density at radius 1 is 1.05 bits per heavy atom. The Balaban J connectivity index is 1.60. The van der Waals surface area contributed by atoms with Crippen LogP contribution in [-0.2, 0) is 19.3 Å². The van der Waals surface area contributed by atoms with E-state index >= 15 is 0 Å². The Bertz CT molecular complexity index is 617. The summed E-state index contributed by atoms with van der Waals surface area (Å²) in [5.41, 5.74) is 13.6. The Kier molecular flexibility index (Phi) is 3.64. The lowest BCUT2D eigenvalue weighted by atomic mass is 10.0. The third kappa shape index (κ3) is 2.79. The van der Waals surface area contributed by atoms with Crippen LogP contribution in [0.1, 0.15) is 28.7 Å². The maximum absolute atomic E-state index is 6.01. The predicted molar refractivity (Wildman–Crippen MR) is 86.3 cm³/mol. The maximum Gasteiger partial charge on any atom is 0.0574 e. The SMILES string of the molecule is Cc1ccc(NCCc2ccc3c(c2)CCC3)c(N)c1. The number of benzene rings is 2. The summed E-state index contributed by atoms with van der Waals surface area (Å²) in [6.07, 6.45) is 4.87. The molecule has 3 rings (SSSR count). The number of rotatable bonds is 4. The van der Waals surface area contributed by atoms with Crippen LogP contribution in [0.15, 0.2) is 36.4 Å². The maximum atomic E-state index is 6.01. The lowest BCUT2D eigenvalue weighted by Gasteiger charge is -2.10. The van der Waals surface area contributed by atoms with Crippen molar-refractivity contribution in [2.45, 2.75) is 32.6 Å². The van der Waals surface area contributed by atoms with Crippen molar-refractivity contribution in [3.8, 4) is 0 Å². The molecule has 0 saturated carbocycles. The second-order valence-electron chi connectivity index (χ2n) is 5.72.